The van der Waals surface area contributed by atoms with Crippen LogP contribution in [0.2, 0.25) is 0 Å². The van der Waals surface area contributed by atoms with E-state index in [0.717, 1.165) is 40.8 Å². The molecule has 184 valence electrons. The zero-order valence-electron chi connectivity index (χ0n) is 20.8. The van der Waals surface area contributed by atoms with Gasteiger partial charge in [-0.1, -0.05) is 75.4 Å². The van der Waals surface area contributed by atoms with E-state index in [0.29, 0.717) is 24.5 Å². The second-order valence-electron chi connectivity index (χ2n) is 9.19. The SMILES string of the molecule is CCc1cc(CCC(=O)O)c(C(=O)NC(CC(C)C)c2ccccc2)cc1COc1ccccc1. The molecule has 0 bridgehead atoms. The van der Waals surface area contributed by atoms with Crippen molar-refractivity contribution in [3.8, 4) is 5.75 Å². The zero-order valence-corrected chi connectivity index (χ0v) is 20.8. The third-order valence-corrected chi connectivity index (χ3v) is 6.01. The molecule has 0 radical (unpaired) electrons. The molecular formula is C30H35NO4. The Hall–Kier alpha value is -3.60. The number of carboxylic acid groups (broad SMARTS) is 1. The summed E-state index contributed by atoms with van der Waals surface area (Å²) in [6, 6.07) is 23.3. The number of ether oxygens (including phenoxy) is 1. The van der Waals surface area contributed by atoms with Crippen LogP contribution in [0.3, 0.4) is 0 Å². The van der Waals surface area contributed by atoms with Gasteiger partial charge in [-0.3, -0.25) is 9.59 Å². The molecule has 0 saturated carbocycles. The summed E-state index contributed by atoms with van der Waals surface area (Å²) in [6.07, 6.45) is 1.83. The van der Waals surface area contributed by atoms with Crippen LogP contribution in [0, 0.1) is 5.92 Å². The average molecular weight is 474 g/mol. The van der Waals surface area contributed by atoms with Crippen LogP contribution in [0.5, 0.6) is 5.75 Å². The van der Waals surface area contributed by atoms with Gasteiger partial charge in [0.2, 0.25) is 0 Å². The molecule has 3 rings (SSSR count). The number of nitrogens with one attached hydrogen (secondary N) is 1. The smallest absolute Gasteiger partial charge is 0.303 e. The van der Waals surface area contributed by atoms with Gasteiger partial charge in [0.05, 0.1) is 6.04 Å². The Morgan fingerprint density at radius 1 is 0.914 bits per heavy atom. The molecule has 0 saturated heterocycles. The van der Waals surface area contributed by atoms with Crippen molar-refractivity contribution in [2.45, 2.75) is 59.1 Å². The fourth-order valence-corrected chi connectivity index (χ4v) is 4.21. The number of carbonyl (C=O) groups excluding carboxylic acids is 1. The average Bonchev–Trinajstić information content (AvgIpc) is 2.86. The summed E-state index contributed by atoms with van der Waals surface area (Å²) in [5.74, 6) is 0.0808. The van der Waals surface area contributed by atoms with Crippen molar-refractivity contribution < 1.29 is 19.4 Å². The minimum atomic E-state index is -0.882. The number of hydrogen-bond acceptors (Lipinski definition) is 3. The molecule has 1 atom stereocenters. The number of hydrogen-bond donors (Lipinski definition) is 2. The molecule has 1 unspecified atom stereocenters. The van der Waals surface area contributed by atoms with E-state index in [4.69, 9.17) is 4.74 Å². The van der Waals surface area contributed by atoms with Crippen LogP contribution in [0.1, 0.15) is 72.3 Å². The van der Waals surface area contributed by atoms with E-state index < -0.39 is 5.97 Å². The molecule has 0 aliphatic rings. The normalized spacial score (nSPS) is 11.8. The third-order valence-electron chi connectivity index (χ3n) is 6.01. The molecule has 3 aromatic carbocycles. The van der Waals surface area contributed by atoms with Crippen LogP contribution < -0.4 is 10.1 Å². The monoisotopic (exact) mass is 473 g/mol. The van der Waals surface area contributed by atoms with Crippen molar-refractivity contribution in [3.05, 3.63) is 101 Å². The van der Waals surface area contributed by atoms with Gasteiger partial charge < -0.3 is 15.2 Å². The Kier molecular flexibility index (Phi) is 9.47. The summed E-state index contributed by atoms with van der Waals surface area (Å²) in [4.78, 5) is 24.9. The summed E-state index contributed by atoms with van der Waals surface area (Å²) in [7, 11) is 0. The Morgan fingerprint density at radius 3 is 2.17 bits per heavy atom. The maximum absolute atomic E-state index is 13.6. The highest BCUT2D eigenvalue weighted by atomic mass is 16.5. The van der Waals surface area contributed by atoms with E-state index in [2.05, 4.69) is 26.1 Å². The van der Waals surface area contributed by atoms with Gasteiger partial charge in [-0.05, 0) is 65.6 Å². The van der Waals surface area contributed by atoms with Crippen molar-refractivity contribution in [3.63, 3.8) is 0 Å². The van der Waals surface area contributed by atoms with E-state index in [1.54, 1.807) is 0 Å². The van der Waals surface area contributed by atoms with Gasteiger partial charge in [0.15, 0.2) is 0 Å². The first-order valence-electron chi connectivity index (χ1n) is 12.3. The van der Waals surface area contributed by atoms with Crippen molar-refractivity contribution in [2.75, 3.05) is 0 Å². The lowest BCUT2D eigenvalue weighted by molar-refractivity contribution is -0.136. The minimum absolute atomic E-state index is 0.0304. The fourth-order valence-electron chi connectivity index (χ4n) is 4.21. The summed E-state index contributed by atoms with van der Waals surface area (Å²) in [5.41, 5.74) is 4.31. The summed E-state index contributed by atoms with van der Waals surface area (Å²) < 4.78 is 5.98. The Balaban J connectivity index is 1.93. The van der Waals surface area contributed by atoms with Crippen LogP contribution in [0.15, 0.2) is 72.8 Å². The fraction of sp³-hybridized carbons (Fsp3) is 0.333. The second-order valence-corrected chi connectivity index (χ2v) is 9.19. The lowest BCUT2D eigenvalue weighted by Gasteiger charge is -2.23. The van der Waals surface area contributed by atoms with E-state index >= 15 is 0 Å². The van der Waals surface area contributed by atoms with Crippen molar-refractivity contribution in [1.82, 2.24) is 5.32 Å². The molecule has 5 nitrogen and oxygen atoms in total. The highest BCUT2D eigenvalue weighted by Crippen LogP contribution is 2.25. The molecule has 0 aliphatic heterocycles. The Labute approximate surface area is 208 Å². The number of para-hydroxylation sites is 1. The molecule has 5 heteroatoms. The van der Waals surface area contributed by atoms with Gasteiger partial charge in [0.1, 0.15) is 12.4 Å². The Bertz CT molecular complexity index is 1110. The first-order valence-corrected chi connectivity index (χ1v) is 12.3. The van der Waals surface area contributed by atoms with E-state index in [1.807, 2.05) is 72.8 Å². The maximum Gasteiger partial charge on any atom is 0.303 e. The molecule has 3 aromatic rings. The molecule has 0 fully saturated rings. The first kappa shape index (κ1) is 26.0. The van der Waals surface area contributed by atoms with E-state index in [9.17, 15) is 14.7 Å². The van der Waals surface area contributed by atoms with Gasteiger partial charge in [-0.2, -0.15) is 0 Å². The summed E-state index contributed by atoms with van der Waals surface area (Å²) in [6.45, 7) is 6.65. The predicted molar refractivity (Wildman–Crippen MR) is 139 cm³/mol. The number of carbonyl (C=O) groups is 2. The van der Waals surface area contributed by atoms with Gasteiger partial charge >= 0.3 is 5.97 Å². The van der Waals surface area contributed by atoms with Gasteiger partial charge in [0, 0.05) is 12.0 Å². The molecule has 0 aromatic heterocycles. The lowest BCUT2D eigenvalue weighted by atomic mass is 9.92. The van der Waals surface area contributed by atoms with Crippen LogP contribution in [0.4, 0.5) is 0 Å². The molecule has 0 aliphatic carbocycles. The number of amides is 1. The number of benzene rings is 3. The predicted octanol–water partition coefficient (Wildman–Crippen LogP) is 6.36. The van der Waals surface area contributed by atoms with Crippen LogP contribution in [0.25, 0.3) is 0 Å². The van der Waals surface area contributed by atoms with Crippen LogP contribution in [-0.2, 0) is 24.2 Å². The van der Waals surface area contributed by atoms with Gasteiger partial charge in [0.25, 0.3) is 5.91 Å². The highest BCUT2D eigenvalue weighted by molar-refractivity contribution is 5.96. The zero-order chi connectivity index (χ0) is 25.2. The van der Waals surface area contributed by atoms with Gasteiger partial charge in [-0.25, -0.2) is 0 Å². The van der Waals surface area contributed by atoms with Crippen molar-refractivity contribution in [1.29, 1.82) is 0 Å². The first-order chi connectivity index (χ1) is 16.9. The largest absolute Gasteiger partial charge is 0.489 e. The number of carboxylic acids is 1. The number of rotatable bonds is 12. The molecule has 35 heavy (non-hydrogen) atoms. The van der Waals surface area contributed by atoms with Crippen LogP contribution >= 0.6 is 0 Å². The summed E-state index contributed by atoms with van der Waals surface area (Å²) in [5, 5.41) is 12.5. The second kappa shape index (κ2) is 12.7. The van der Waals surface area contributed by atoms with E-state index in [-0.39, 0.29) is 18.4 Å². The third kappa shape index (κ3) is 7.71. The van der Waals surface area contributed by atoms with Gasteiger partial charge in [-0.15, -0.1) is 0 Å². The quantitative estimate of drug-likeness (QED) is 0.321. The van der Waals surface area contributed by atoms with E-state index in [1.165, 1.54) is 0 Å². The topological polar surface area (TPSA) is 75.6 Å². The lowest BCUT2D eigenvalue weighted by Crippen LogP contribution is -2.30. The minimum Gasteiger partial charge on any atom is -0.489 e. The van der Waals surface area contributed by atoms with Crippen molar-refractivity contribution >= 4 is 11.9 Å². The maximum atomic E-state index is 13.6. The highest BCUT2D eigenvalue weighted by Gasteiger charge is 2.21. The Morgan fingerprint density at radius 2 is 1.57 bits per heavy atom. The number of aliphatic carboxylic acids is 1. The molecule has 0 spiro atoms. The summed E-state index contributed by atoms with van der Waals surface area (Å²) >= 11 is 0. The standard InChI is InChI=1S/C30H35NO4/c1-4-22-18-24(15-16-29(32)33)27(19-25(22)20-35-26-13-9-6-10-14-26)30(34)31-28(17-21(2)3)23-11-7-5-8-12-23/h5-14,18-19,21,28H,4,15-17,20H2,1-3H3,(H,31,34)(H,32,33). The van der Waals surface area contributed by atoms with Crippen molar-refractivity contribution in [2.24, 2.45) is 5.92 Å². The molecular weight excluding hydrogens is 438 g/mol. The number of aryl methyl sites for hydroxylation is 2. The molecule has 1 amide bonds. The molecule has 0 heterocycles. The molecule has 2 N–H and O–H groups in total. The van der Waals surface area contributed by atoms with Crippen LogP contribution in [-0.4, -0.2) is 17.0 Å².